The number of nitrogens with one attached hydrogen (secondary N) is 1. The molecule has 17 heavy (non-hydrogen) atoms. The number of anilines is 1. The Balaban J connectivity index is 2.14. The van der Waals surface area contributed by atoms with Gasteiger partial charge in [0.25, 0.3) is 0 Å². The number of rotatable bonds is 2. The van der Waals surface area contributed by atoms with Gasteiger partial charge in [0, 0.05) is 12.6 Å². The number of fused-ring (bicyclic) bond motifs is 1. The van der Waals surface area contributed by atoms with Crippen molar-refractivity contribution >= 4 is 11.6 Å². The molecule has 4 heteroatoms. The quantitative estimate of drug-likeness (QED) is 0.847. The van der Waals surface area contributed by atoms with Crippen molar-refractivity contribution in [2.45, 2.75) is 32.3 Å². The first-order chi connectivity index (χ1) is 8.19. The fourth-order valence-electron chi connectivity index (χ4n) is 1.97. The lowest BCUT2D eigenvalue weighted by Crippen LogP contribution is -2.22. The Bertz CT molecular complexity index is 477. The lowest BCUT2D eigenvalue weighted by atomic mass is 10.0. The Morgan fingerprint density at radius 3 is 3.18 bits per heavy atom. The first-order valence-electron chi connectivity index (χ1n) is 5.63. The monoisotopic (exact) mass is 230 g/mol. The zero-order chi connectivity index (χ0) is 12.3. The lowest BCUT2D eigenvalue weighted by Gasteiger charge is -2.24. The highest BCUT2D eigenvalue weighted by molar-refractivity contribution is 5.88. The van der Waals surface area contributed by atoms with Crippen LogP contribution in [-0.4, -0.2) is 12.0 Å². The van der Waals surface area contributed by atoms with E-state index in [1.165, 1.54) is 6.92 Å². The van der Waals surface area contributed by atoms with Crippen LogP contribution in [0.25, 0.3) is 0 Å². The molecular formula is C13H14N2O2. The highest BCUT2D eigenvalue weighted by Gasteiger charge is 2.19. The molecule has 1 heterocycles. The molecule has 1 aliphatic rings. The number of hydrogen-bond acceptors (Lipinski definition) is 3. The van der Waals surface area contributed by atoms with Crippen LogP contribution in [0.15, 0.2) is 18.2 Å². The van der Waals surface area contributed by atoms with Crippen LogP contribution in [0.2, 0.25) is 0 Å². The van der Waals surface area contributed by atoms with Gasteiger partial charge in [-0.1, -0.05) is 0 Å². The van der Waals surface area contributed by atoms with Crippen LogP contribution < -0.4 is 10.1 Å². The van der Waals surface area contributed by atoms with Crippen molar-refractivity contribution in [3.8, 4) is 11.8 Å². The smallest absolute Gasteiger partial charge is 0.221 e. The van der Waals surface area contributed by atoms with Crippen molar-refractivity contribution < 1.29 is 9.53 Å². The van der Waals surface area contributed by atoms with E-state index in [2.05, 4.69) is 11.4 Å². The fraction of sp³-hybridized carbons (Fsp3) is 0.385. The molecule has 1 N–H and O–H groups in total. The van der Waals surface area contributed by atoms with E-state index in [0.717, 1.165) is 29.8 Å². The van der Waals surface area contributed by atoms with Crippen molar-refractivity contribution in [1.29, 1.82) is 5.26 Å². The number of nitrogens with zero attached hydrogens (tertiary/aromatic N) is 1. The second-order valence-electron chi connectivity index (χ2n) is 4.14. The van der Waals surface area contributed by atoms with Crippen LogP contribution in [-0.2, 0) is 11.2 Å². The van der Waals surface area contributed by atoms with Crippen LogP contribution in [0.3, 0.4) is 0 Å². The van der Waals surface area contributed by atoms with Crippen molar-refractivity contribution in [3.63, 3.8) is 0 Å². The minimum absolute atomic E-state index is 0.000818. The second kappa shape index (κ2) is 4.88. The topological polar surface area (TPSA) is 62.1 Å². The van der Waals surface area contributed by atoms with Gasteiger partial charge in [0.2, 0.25) is 5.91 Å². The van der Waals surface area contributed by atoms with Crippen LogP contribution in [0, 0.1) is 11.3 Å². The van der Waals surface area contributed by atoms with Gasteiger partial charge in [-0.15, -0.1) is 0 Å². The van der Waals surface area contributed by atoms with Gasteiger partial charge in [-0.3, -0.25) is 4.79 Å². The zero-order valence-corrected chi connectivity index (χ0v) is 9.69. The summed E-state index contributed by atoms with van der Waals surface area (Å²) < 4.78 is 5.70. The maximum absolute atomic E-state index is 10.9. The molecule has 1 amide bonds. The van der Waals surface area contributed by atoms with E-state index in [-0.39, 0.29) is 12.0 Å². The van der Waals surface area contributed by atoms with E-state index < -0.39 is 0 Å². The van der Waals surface area contributed by atoms with Crippen LogP contribution in [0.4, 0.5) is 5.69 Å². The number of amides is 1. The molecule has 4 nitrogen and oxygen atoms in total. The minimum Gasteiger partial charge on any atom is -0.489 e. The third-order valence-corrected chi connectivity index (χ3v) is 2.73. The number of benzene rings is 1. The van der Waals surface area contributed by atoms with E-state index in [1.807, 2.05) is 18.2 Å². The largest absolute Gasteiger partial charge is 0.489 e. The summed E-state index contributed by atoms with van der Waals surface area (Å²) in [5.41, 5.74) is 1.88. The van der Waals surface area contributed by atoms with Crippen LogP contribution >= 0.6 is 0 Å². The van der Waals surface area contributed by atoms with E-state index in [4.69, 9.17) is 10.00 Å². The molecule has 2 rings (SSSR count). The van der Waals surface area contributed by atoms with Crippen molar-refractivity contribution in [3.05, 3.63) is 23.8 Å². The average Bonchev–Trinajstić information content (AvgIpc) is 2.29. The molecule has 0 radical (unpaired) electrons. The molecule has 1 aromatic rings. The van der Waals surface area contributed by atoms with Gasteiger partial charge < -0.3 is 10.1 Å². The molecule has 0 fully saturated rings. The van der Waals surface area contributed by atoms with Crippen molar-refractivity contribution in [2.24, 2.45) is 0 Å². The zero-order valence-electron chi connectivity index (χ0n) is 9.69. The number of aryl methyl sites for hydroxylation is 1. The van der Waals surface area contributed by atoms with E-state index >= 15 is 0 Å². The predicted molar refractivity (Wildman–Crippen MR) is 63.7 cm³/mol. The summed E-state index contributed by atoms with van der Waals surface area (Å²) >= 11 is 0. The number of hydrogen-bond donors (Lipinski definition) is 1. The Morgan fingerprint density at radius 1 is 1.65 bits per heavy atom. The van der Waals surface area contributed by atoms with Gasteiger partial charge >= 0.3 is 0 Å². The normalized spacial score (nSPS) is 17.5. The third kappa shape index (κ3) is 2.76. The number of carbonyl (C=O) groups is 1. The van der Waals surface area contributed by atoms with Gasteiger partial charge in [0.05, 0.1) is 12.5 Å². The van der Waals surface area contributed by atoms with Gasteiger partial charge in [-0.2, -0.15) is 5.26 Å². The summed E-state index contributed by atoms with van der Waals surface area (Å²) in [6.07, 6.45) is 2.16. The molecule has 1 aliphatic heterocycles. The third-order valence-electron chi connectivity index (χ3n) is 2.73. The fourth-order valence-corrected chi connectivity index (χ4v) is 1.97. The van der Waals surface area contributed by atoms with Crippen molar-refractivity contribution in [2.75, 3.05) is 5.32 Å². The molecule has 0 spiro atoms. The highest BCUT2D eigenvalue weighted by Crippen LogP contribution is 2.30. The minimum atomic E-state index is -0.0796. The summed E-state index contributed by atoms with van der Waals surface area (Å²) in [7, 11) is 0. The van der Waals surface area contributed by atoms with Gasteiger partial charge in [0.1, 0.15) is 11.9 Å². The molecule has 1 atom stereocenters. The summed E-state index contributed by atoms with van der Waals surface area (Å²) in [6.45, 7) is 1.49. The maximum atomic E-state index is 10.9. The van der Waals surface area contributed by atoms with Gasteiger partial charge in [-0.25, -0.2) is 0 Å². The lowest BCUT2D eigenvalue weighted by molar-refractivity contribution is -0.114. The number of ether oxygens (including phenoxy) is 1. The SMILES string of the molecule is CC(=O)Nc1ccc2c(c1)CCC(CC#N)O2. The molecule has 0 bridgehead atoms. The molecule has 88 valence electrons. The first kappa shape index (κ1) is 11.5. The second-order valence-corrected chi connectivity index (χ2v) is 4.14. The van der Waals surface area contributed by atoms with E-state index in [0.29, 0.717) is 6.42 Å². The molecule has 1 unspecified atom stereocenters. The summed E-state index contributed by atoms with van der Waals surface area (Å²) in [4.78, 5) is 10.9. The number of carbonyl (C=O) groups excluding carboxylic acids is 1. The standard InChI is InChI=1S/C13H14N2O2/c1-9(16)15-11-3-5-13-10(8-11)2-4-12(17-13)6-7-14/h3,5,8,12H,2,4,6H2,1H3,(H,15,16). The Kier molecular flexibility index (Phi) is 3.29. The summed E-state index contributed by atoms with van der Waals surface area (Å²) in [5.74, 6) is 0.745. The average molecular weight is 230 g/mol. The number of nitriles is 1. The Morgan fingerprint density at radius 2 is 2.47 bits per heavy atom. The van der Waals surface area contributed by atoms with Gasteiger partial charge in [-0.05, 0) is 36.6 Å². The molecule has 0 aliphatic carbocycles. The molecule has 0 saturated heterocycles. The van der Waals surface area contributed by atoms with Crippen LogP contribution in [0.1, 0.15) is 25.3 Å². The molecule has 0 aromatic heterocycles. The summed E-state index contributed by atoms with van der Waals surface area (Å²) in [5, 5.41) is 11.4. The van der Waals surface area contributed by atoms with Gasteiger partial charge in [0.15, 0.2) is 0 Å². The molecular weight excluding hydrogens is 216 g/mol. The first-order valence-corrected chi connectivity index (χ1v) is 5.63. The molecule has 1 aromatic carbocycles. The Hall–Kier alpha value is -2.02. The predicted octanol–water partition coefficient (Wildman–Crippen LogP) is 2.25. The van der Waals surface area contributed by atoms with Crippen molar-refractivity contribution in [1.82, 2.24) is 0 Å². The molecule has 0 saturated carbocycles. The summed E-state index contributed by atoms with van der Waals surface area (Å²) in [6, 6.07) is 7.72. The highest BCUT2D eigenvalue weighted by atomic mass is 16.5. The van der Waals surface area contributed by atoms with E-state index in [9.17, 15) is 4.79 Å². The van der Waals surface area contributed by atoms with Crippen LogP contribution in [0.5, 0.6) is 5.75 Å². The Labute approximate surface area is 100 Å². The van der Waals surface area contributed by atoms with E-state index in [1.54, 1.807) is 0 Å². The maximum Gasteiger partial charge on any atom is 0.221 e.